The van der Waals surface area contributed by atoms with Crippen molar-refractivity contribution in [1.29, 1.82) is 0 Å². The van der Waals surface area contributed by atoms with Gasteiger partial charge in [-0.25, -0.2) is 4.90 Å². The summed E-state index contributed by atoms with van der Waals surface area (Å²) in [4.78, 5) is 42.4. The van der Waals surface area contributed by atoms with E-state index < -0.39 is 35.3 Å². The van der Waals surface area contributed by atoms with Crippen molar-refractivity contribution in [2.45, 2.75) is 38.8 Å². The van der Waals surface area contributed by atoms with Crippen molar-refractivity contribution < 1.29 is 33.3 Å². The van der Waals surface area contributed by atoms with Crippen LogP contribution < -0.4 is 24.4 Å². The fourth-order valence-electron chi connectivity index (χ4n) is 5.43. The van der Waals surface area contributed by atoms with Crippen LogP contribution in [0.1, 0.15) is 37.4 Å². The summed E-state index contributed by atoms with van der Waals surface area (Å²) in [5.41, 5.74) is 0.732. The number of rotatable bonds is 8. The molecule has 2 aliphatic rings. The van der Waals surface area contributed by atoms with Gasteiger partial charge in [-0.3, -0.25) is 19.7 Å². The van der Waals surface area contributed by atoms with Crippen LogP contribution in [0.3, 0.4) is 0 Å². The molecule has 4 atom stereocenters. The number of carbonyl (C=O) groups excluding carboxylic acids is 3. The highest BCUT2D eigenvalue weighted by atomic mass is 16.5. The maximum Gasteiger partial charge on any atom is 0.327 e. The number of benzene rings is 2. The smallest absolute Gasteiger partial charge is 0.327 e. The molecule has 2 heterocycles. The molecule has 36 heavy (non-hydrogen) atoms. The summed E-state index contributed by atoms with van der Waals surface area (Å²) in [5.74, 6) is -1.92. The van der Waals surface area contributed by atoms with Gasteiger partial charge in [-0.05, 0) is 50.1 Å². The van der Waals surface area contributed by atoms with Gasteiger partial charge < -0.3 is 18.9 Å². The number of aryl methyl sites for hydroxylation is 1. The fraction of sp³-hybridized carbons (Fsp3) is 0.444. The first kappa shape index (κ1) is 25.5. The number of anilines is 1. The van der Waals surface area contributed by atoms with E-state index in [1.807, 2.05) is 26.0 Å². The number of imide groups is 1. The van der Waals surface area contributed by atoms with Crippen molar-refractivity contribution in [1.82, 2.24) is 5.32 Å². The Hall–Kier alpha value is -3.59. The highest BCUT2D eigenvalue weighted by Gasteiger charge is 2.68. The average molecular weight is 497 g/mol. The van der Waals surface area contributed by atoms with Gasteiger partial charge in [0.15, 0.2) is 11.5 Å². The van der Waals surface area contributed by atoms with E-state index in [0.29, 0.717) is 28.5 Å². The second kappa shape index (κ2) is 9.81. The van der Waals surface area contributed by atoms with Crippen LogP contribution in [0.15, 0.2) is 36.4 Å². The van der Waals surface area contributed by atoms with Gasteiger partial charge >= 0.3 is 5.97 Å². The Kier molecular flexibility index (Phi) is 6.95. The van der Waals surface area contributed by atoms with Crippen molar-refractivity contribution >= 4 is 23.5 Å². The molecule has 1 N–H and O–H groups in total. The maximum absolute atomic E-state index is 13.9. The van der Waals surface area contributed by atoms with Crippen LogP contribution in [-0.2, 0) is 19.1 Å². The van der Waals surface area contributed by atoms with Crippen LogP contribution in [0.2, 0.25) is 0 Å². The van der Waals surface area contributed by atoms with Gasteiger partial charge in [0.2, 0.25) is 17.6 Å². The molecule has 2 aliphatic heterocycles. The third kappa shape index (κ3) is 3.78. The van der Waals surface area contributed by atoms with E-state index in [9.17, 15) is 14.4 Å². The van der Waals surface area contributed by atoms with E-state index in [1.165, 1.54) is 26.2 Å². The van der Waals surface area contributed by atoms with E-state index >= 15 is 0 Å². The molecule has 0 spiro atoms. The molecule has 2 aromatic rings. The quantitative estimate of drug-likeness (QED) is 0.439. The van der Waals surface area contributed by atoms with Gasteiger partial charge in [0.1, 0.15) is 5.54 Å². The van der Waals surface area contributed by atoms with Gasteiger partial charge in [-0.15, -0.1) is 0 Å². The number of esters is 1. The lowest BCUT2D eigenvalue weighted by Crippen LogP contribution is -2.56. The minimum atomic E-state index is -1.38. The monoisotopic (exact) mass is 496 g/mol. The Labute approximate surface area is 210 Å². The molecule has 2 fully saturated rings. The van der Waals surface area contributed by atoms with Crippen LogP contribution in [0, 0.1) is 18.8 Å². The topological polar surface area (TPSA) is 103 Å². The molecule has 0 unspecified atom stereocenters. The van der Waals surface area contributed by atoms with Gasteiger partial charge in [0.05, 0.1) is 45.5 Å². The molecule has 9 nitrogen and oxygen atoms in total. The highest BCUT2D eigenvalue weighted by Crippen LogP contribution is 2.53. The fourth-order valence-corrected chi connectivity index (χ4v) is 5.43. The maximum atomic E-state index is 13.9. The largest absolute Gasteiger partial charge is 0.493 e. The van der Waals surface area contributed by atoms with Crippen LogP contribution >= 0.6 is 0 Å². The van der Waals surface area contributed by atoms with Crippen molar-refractivity contribution in [2.75, 3.05) is 32.8 Å². The second-order valence-corrected chi connectivity index (χ2v) is 8.98. The number of ether oxygens (including phenoxy) is 4. The molecule has 0 radical (unpaired) electrons. The zero-order chi connectivity index (χ0) is 26.2. The summed E-state index contributed by atoms with van der Waals surface area (Å²) >= 11 is 0. The number of hydrogen-bond acceptors (Lipinski definition) is 8. The van der Waals surface area contributed by atoms with E-state index in [2.05, 4.69) is 5.32 Å². The average Bonchev–Trinajstić information content (AvgIpc) is 3.37. The second-order valence-electron chi connectivity index (χ2n) is 8.98. The molecular weight excluding hydrogens is 464 g/mol. The first-order valence-corrected chi connectivity index (χ1v) is 12.0. The molecular formula is C27H32N2O7. The molecule has 0 bridgehead atoms. The first-order chi connectivity index (χ1) is 17.3. The van der Waals surface area contributed by atoms with Crippen LogP contribution in [0.5, 0.6) is 17.2 Å². The third-order valence-electron chi connectivity index (χ3n) is 7.19. The van der Waals surface area contributed by atoms with Crippen molar-refractivity contribution in [3.8, 4) is 17.2 Å². The number of fused-ring (bicyclic) bond motifs is 1. The predicted molar refractivity (Wildman–Crippen MR) is 132 cm³/mol. The van der Waals surface area contributed by atoms with Crippen LogP contribution in [0.4, 0.5) is 5.69 Å². The SMILES string of the molecule is CCOC(=O)[C@]1(CC)N[C@H](c2cc(OC)c(OC)c(OC)c2)[C@@H]2C(=O)N(c3ccc(C)cc3)C(=O)[C@@H]21. The van der Waals surface area contributed by atoms with E-state index in [1.54, 1.807) is 31.2 Å². The summed E-state index contributed by atoms with van der Waals surface area (Å²) in [6, 6.07) is 9.96. The zero-order valence-electron chi connectivity index (χ0n) is 21.4. The molecule has 9 heteroatoms. The Morgan fingerprint density at radius 2 is 1.58 bits per heavy atom. The Balaban J connectivity index is 1.89. The van der Waals surface area contributed by atoms with Crippen molar-refractivity contribution in [3.63, 3.8) is 0 Å². The normalized spacial score (nSPS) is 25.1. The van der Waals surface area contributed by atoms with Crippen molar-refractivity contribution in [2.24, 2.45) is 11.8 Å². The van der Waals surface area contributed by atoms with Gasteiger partial charge in [-0.2, -0.15) is 0 Å². The number of nitrogens with zero attached hydrogens (tertiary/aromatic N) is 1. The summed E-state index contributed by atoms with van der Waals surface area (Å²) < 4.78 is 21.9. The summed E-state index contributed by atoms with van der Waals surface area (Å²) in [6.45, 7) is 5.60. The van der Waals surface area contributed by atoms with E-state index in [4.69, 9.17) is 18.9 Å². The predicted octanol–water partition coefficient (Wildman–Crippen LogP) is 3.18. The van der Waals surface area contributed by atoms with Gasteiger partial charge in [-0.1, -0.05) is 24.6 Å². The number of methoxy groups -OCH3 is 3. The van der Waals surface area contributed by atoms with Crippen LogP contribution in [0.25, 0.3) is 0 Å². The lowest BCUT2D eigenvalue weighted by molar-refractivity contribution is -0.154. The van der Waals surface area contributed by atoms with Gasteiger partial charge in [0, 0.05) is 6.04 Å². The first-order valence-electron chi connectivity index (χ1n) is 12.0. The number of amides is 2. The summed E-state index contributed by atoms with van der Waals surface area (Å²) in [5, 5.41) is 3.34. The molecule has 2 saturated heterocycles. The molecule has 192 valence electrons. The third-order valence-corrected chi connectivity index (χ3v) is 7.19. The standard InChI is InChI=1S/C27H32N2O7/c1-7-27(26(32)36-8-2)21-20(24(30)29(25(21)31)17-11-9-15(3)10-12-17)22(28-27)16-13-18(33-4)23(35-6)19(14-16)34-5/h9-14,20-22,28H,7-8H2,1-6H3/t20-,21-,22-,27-/m1/s1. The zero-order valence-corrected chi connectivity index (χ0v) is 21.4. The Bertz CT molecular complexity index is 1150. The number of hydrogen-bond donors (Lipinski definition) is 1. The molecule has 0 aliphatic carbocycles. The van der Waals surface area contributed by atoms with E-state index in [-0.39, 0.29) is 18.9 Å². The van der Waals surface area contributed by atoms with E-state index in [0.717, 1.165) is 5.56 Å². The Morgan fingerprint density at radius 1 is 0.972 bits per heavy atom. The highest BCUT2D eigenvalue weighted by molar-refractivity contribution is 6.24. The lowest BCUT2D eigenvalue weighted by atomic mass is 9.78. The summed E-state index contributed by atoms with van der Waals surface area (Å²) in [6.07, 6.45) is 0.259. The van der Waals surface area contributed by atoms with Gasteiger partial charge in [0.25, 0.3) is 0 Å². The number of carbonyl (C=O) groups is 3. The van der Waals surface area contributed by atoms with Crippen molar-refractivity contribution in [3.05, 3.63) is 47.5 Å². The lowest BCUT2D eigenvalue weighted by Gasteiger charge is -2.32. The molecule has 0 aromatic heterocycles. The Morgan fingerprint density at radius 3 is 2.08 bits per heavy atom. The molecule has 2 aromatic carbocycles. The molecule has 2 amide bonds. The van der Waals surface area contributed by atoms with Crippen LogP contribution in [-0.4, -0.2) is 51.3 Å². The molecule has 0 saturated carbocycles. The number of nitrogens with one attached hydrogen (secondary N) is 1. The minimum Gasteiger partial charge on any atom is -0.493 e. The summed E-state index contributed by atoms with van der Waals surface area (Å²) in [7, 11) is 4.51. The minimum absolute atomic E-state index is 0.151. The molecule has 4 rings (SSSR count).